The van der Waals surface area contributed by atoms with Crippen LogP contribution in [0.4, 0.5) is 5.82 Å². The molecule has 4 rings (SSSR count). The third-order valence-electron chi connectivity index (χ3n) is 4.02. The average molecular weight is 311 g/mol. The fraction of sp³-hybridized carbons (Fsp3) is 0.294. The van der Waals surface area contributed by atoms with Crippen LogP contribution < -0.4 is 4.90 Å². The van der Waals surface area contributed by atoms with Crippen LogP contribution in [0.1, 0.15) is 5.56 Å². The quantitative estimate of drug-likeness (QED) is 0.726. The van der Waals surface area contributed by atoms with Crippen LogP contribution in [0.5, 0.6) is 0 Å². The minimum Gasteiger partial charge on any atom is -0.378 e. The lowest BCUT2D eigenvalue weighted by atomic mass is 10.0. The topological polar surface area (TPSA) is 38.2 Å². The second-order valence-electron chi connectivity index (χ2n) is 5.49. The lowest BCUT2D eigenvalue weighted by Gasteiger charge is -2.28. The molecule has 1 aliphatic heterocycles. The van der Waals surface area contributed by atoms with Crippen molar-refractivity contribution in [3.8, 4) is 11.1 Å². The lowest BCUT2D eigenvalue weighted by Crippen LogP contribution is -2.36. The van der Waals surface area contributed by atoms with Crippen LogP contribution in [0.15, 0.2) is 36.0 Å². The van der Waals surface area contributed by atoms with Crippen molar-refractivity contribution >= 4 is 27.4 Å². The second kappa shape index (κ2) is 5.66. The first-order chi connectivity index (χ1) is 10.8. The normalized spacial score (nSPS) is 15.4. The molecule has 0 aliphatic carbocycles. The number of hydrogen-bond acceptors (Lipinski definition) is 5. The molecular weight excluding hydrogens is 294 g/mol. The molecule has 0 atom stereocenters. The Morgan fingerprint density at radius 1 is 1.09 bits per heavy atom. The predicted molar refractivity (Wildman–Crippen MR) is 90.6 cm³/mol. The van der Waals surface area contributed by atoms with E-state index in [2.05, 4.69) is 51.4 Å². The third-order valence-corrected chi connectivity index (χ3v) is 4.91. The van der Waals surface area contributed by atoms with Gasteiger partial charge in [-0.3, -0.25) is 0 Å². The molecule has 112 valence electrons. The molecule has 0 bridgehead atoms. The van der Waals surface area contributed by atoms with Crippen molar-refractivity contribution in [2.75, 3.05) is 31.2 Å². The molecule has 4 nitrogen and oxygen atoms in total. The molecular formula is C17H17N3OS. The van der Waals surface area contributed by atoms with Gasteiger partial charge in [-0.1, -0.05) is 29.8 Å². The van der Waals surface area contributed by atoms with Crippen LogP contribution in [0.25, 0.3) is 21.3 Å². The lowest BCUT2D eigenvalue weighted by molar-refractivity contribution is 0.122. The van der Waals surface area contributed by atoms with E-state index in [0.29, 0.717) is 0 Å². The molecule has 0 spiro atoms. The van der Waals surface area contributed by atoms with E-state index in [9.17, 15) is 0 Å². The van der Waals surface area contributed by atoms with Crippen LogP contribution in [0.2, 0.25) is 0 Å². The maximum Gasteiger partial charge on any atom is 0.141 e. The van der Waals surface area contributed by atoms with E-state index < -0.39 is 0 Å². The van der Waals surface area contributed by atoms with Gasteiger partial charge in [0.25, 0.3) is 0 Å². The number of aryl methyl sites for hydroxylation is 1. The number of nitrogens with zero attached hydrogens (tertiary/aromatic N) is 3. The highest BCUT2D eigenvalue weighted by Crippen LogP contribution is 2.37. The smallest absolute Gasteiger partial charge is 0.141 e. The van der Waals surface area contributed by atoms with Crippen LogP contribution in [-0.4, -0.2) is 36.3 Å². The molecule has 0 N–H and O–H groups in total. The highest BCUT2D eigenvalue weighted by molar-refractivity contribution is 7.17. The van der Waals surface area contributed by atoms with Crippen LogP contribution in [0, 0.1) is 6.92 Å². The van der Waals surface area contributed by atoms with Gasteiger partial charge in [0.1, 0.15) is 17.0 Å². The van der Waals surface area contributed by atoms with Gasteiger partial charge in [0, 0.05) is 24.0 Å². The summed E-state index contributed by atoms with van der Waals surface area (Å²) in [5.74, 6) is 1.03. The first-order valence-corrected chi connectivity index (χ1v) is 8.33. The highest BCUT2D eigenvalue weighted by Gasteiger charge is 2.19. The third kappa shape index (κ3) is 2.36. The maximum atomic E-state index is 5.46. The SMILES string of the molecule is Cc1ccc(-c2csc3ncnc(N4CCOCC4)c23)cc1. The Bertz CT molecular complexity index is 791. The summed E-state index contributed by atoms with van der Waals surface area (Å²) in [5.41, 5.74) is 3.72. The summed E-state index contributed by atoms with van der Waals surface area (Å²) in [7, 11) is 0. The van der Waals surface area contributed by atoms with Crippen LogP contribution in [-0.2, 0) is 4.74 Å². The summed E-state index contributed by atoms with van der Waals surface area (Å²) in [6, 6.07) is 8.65. The Balaban J connectivity index is 1.87. The molecule has 1 aliphatic rings. The van der Waals surface area contributed by atoms with Crippen molar-refractivity contribution in [1.29, 1.82) is 0 Å². The van der Waals surface area contributed by atoms with E-state index in [4.69, 9.17) is 4.74 Å². The summed E-state index contributed by atoms with van der Waals surface area (Å²) >= 11 is 1.68. The minimum absolute atomic E-state index is 0.759. The standard InChI is InChI=1S/C17H17N3OS/c1-12-2-4-13(5-3-12)14-10-22-17-15(14)16(18-11-19-17)20-6-8-21-9-7-20/h2-5,10-11H,6-9H2,1H3. The molecule has 2 aromatic heterocycles. The highest BCUT2D eigenvalue weighted by atomic mass is 32.1. The number of hydrogen-bond donors (Lipinski definition) is 0. The van der Waals surface area contributed by atoms with Gasteiger partial charge in [-0.2, -0.15) is 0 Å². The molecule has 22 heavy (non-hydrogen) atoms. The fourth-order valence-corrected chi connectivity index (χ4v) is 3.73. The first-order valence-electron chi connectivity index (χ1n) is 7.45. The van der Waals surface area contributed by atoms with Gasteiger partial charge in [0.2, 0.25) is 0 Å². The predicted octanol–water partition coefficient (Wildman–Crippen LogP) is 3.50. The maximum absolute atomic E-state index is 5.46. The van der Waals surface area contributed by atoms with E-state index in [0.717, 1.165) is 37.0 Å². The van der Waals surface area contributed by atoms with Crippen molar-refractivity contribution in [3.05, 3.63) is 41.5 Å². The van der Waals surface area contributed by atoms with Gasteiger partial charge in [0.15, 0.2) is 0 Å². The average Bonchev–Trinajstić information content (AvgIpc) is 3.00. The Hall–Kier alpha value is -1.98. The second-order valence-corrected chi connectivity index (χ2v) is 6.35. The summed E-state index contributed by atoms with van der Waals surface area (Å²) in [4.78, 5) is 12.4. The van der Waals surface area contributed by atoms with Crippen molar-refractivity contribution in [2.24, 2.45) is 0 Å². The Morgan fingerprint density at radius 3 is 2.64 bits per heavy atom. The van der Waals surface area contributed by atoms with Gasteiger partial charge < -0.3 is 9.64 Å². The Morgan fingerprint density at radius 2 is 1.86 bits per heavy atom. The van der Waals surface area contributed by atoms with Gasteiger partial charge in [-0.15, -0.1) is 11.3 Å². The van der Waals surface area contributed by atoms with Crippen LogP contribution in [0.3, 0.4) is 0 Å². The van der Waals surface area contributed by atoms with E-state index in [1.54, 1.807) is 17.7 Å². The van der Waals surface area contributed by atoms with E-state index in [1.165, 1.54) is 22.1 Å². The summed E-state index contributed by atoms with van der Waals surface area (Å²) in [6.45, 7) is 5.40. The zero-order valence-corrected chi connectivity index (χ0v) is 13.3. The molecule has 0 unspecified atom stereocenters. The van der Waals surface area contributed by atoms with Crippen molar-refractivity contribution in [3.63, 3.8) is 0 Å². The number of morpholine rings is 1. The van der Waals surface area contributed by atoms with Gasteiger partial charge in [0.05, 0.1) is 18.6 Å². The molecule has 3 aromatic rings. The van der Waals surface area contributed by atoms with Gasteiger partial charge >= 0.3 is 0 Å². The van der Waals surface area contributed by atoms with Gasteiger partial charge in [-0.25, -0.2) is 9.97 Å². The van der Waals surface area contributed by atoms with Crippen molar-refractivity contribution < 1.29 is 4.74 Å². The largest absolute Gasteiger partial charge is 0.378 e. The summed E-state index contributed by atoms with van der Waals surface area (Å²) < 4.78 is 5.46. The zero-order chi connectivity index (χ0) is 14.9. The monoisotopic (exact) mass is 311 g/mol. The zero-order valence-electron chi connectivity index (χ0n) is 12.5. The number of fused-ring (bicyclic) bond motifs is 1. The Labute approximate surface area is 133 Å². The van der Waals surface area contributed by atoms with Gasteiger partial charge in [-0.05, 0) is 12.5 Å². The molecule has 0 amide bonds. The molecule has 0 saturated carbocycles. The molecule has 1 aromatic carbocycles. The number of benzene rings is 1. The van der Waals surface area contributed by atoms with Crippen molar-refractivity contribution in [1.82, 2.24) is 9.97 Å². The number of rotatable bonds is 2. The Kier molecular flexibility index (Phi) is 3.52. The van der Waals surface area contributed by atoms with Crippen LogP contribution >= 0.6 is 11.3 Å². The number of ether oxygens (including phenoxy) is 1. The molecule has 1 saturated heterocycles. The minimum atomic E-state index is 0.759. The molecule has 3 heterocycles. The molecule has 1 fully saturated rings. The van der Waals surface area contributed by atoms with E-state index in [1.807, 2.05) is 0 Å². The fourth-order valence-electron chi connectivity index (χ4n) is 2.82. The molecule has 0 radical (unpaired) electrons. The number of anilines is 1. The summed E-state index contributed by atoms with van der Waals surface area (Å²) in [6.07, 6.45) is 1.67. The van der Waals surface area contributed by atoms with E-state index >= 15 is 0 Å². The summed E-state index contributed by atoms with van der Waals surface area (Å²) in [5, 5.41) is 3.35. The van der Waals surface area contributed by atoms with Crippen molar-refractivity contribution in [2.45, 2.75) is 6.92 Å². The van der Waals surface area contributed by atoms with E-state index in [-0.39, 0.29) is 0 Å². The number of thiophene rings is 1. The first kappa shape index (κ1) is 13.7. The molecule has 5 heteroatoms. The number of aromatic nitrogens is 2.